The van der Waals surface area contributed by atoms with Crippen LogP contribution in [-0.4, -0.2) is 23.2 Å². The molecule has 0 aliphatic rings. The molecule has 2 aromatic carbocycles. The highest BCUT2D eigenvalue weighted by Crippen LogP contribution is 2.18. The van der Waals surface area contributed by atoms with Crippen LogP contribution in [0.25, 0.3) is 11.0 Å². The van der Waals surface area contributed by atoms with E-state index in [1.165, 1.54) is 18.3 Å². The van der Waals surface area contributed by atoms with E-state index in [1.54, 1.807) is 24.3 Å². The molecule has 0 aliphatic heterocycles. The maximum atomic E-state index is 12.0. The number of para-hydroxylation sites is 1. The summed E-state index contributed by atoms with van der Waals surface area (Å²) < 4.78 is 5.42. The Morgan fingerprint density at radius 3 is 2.52 bits per heavy atom. The first kappa shape index (κ1) is 14.5. The topological polar surface area (TPSA) is 91.9 Å². The van der Waals surface area contributed by atoms with Crippen LogP contribution in [0.5, 0.6) is 0 Å². The van der Waals surface area contributed by atoms with Crippen molar-refractivity contribution in [1.82, 2.24) is 5.43 Å². The van der Waals surface area contributed by atoms with Crippen LogP contribution in [-0.2, 0) is 0 Å². The summed E-state index contributed by atoms with van der Waals surface area (Å²) in [6, 6.07) is 15.1. The molecule has 1 aromatic heterocycles. The van der Waals surface area contributed by atoms with Gasteiger partial charge in [0.25, 0.3) is 0 Å². The fourth-order valence-electron chi connectivity index (χ4n) is 2.03. The lowest BCUT2D eigenvalue weighted by Gasteiger charge is -1.97. The molecule has 6 heteroatoms. The standard InChI is InChI=1S/C17H12N2O4/c20-16(15-9-13-3-1-2-4-14(13)23-15)19-18-10-11-5-7-12(8-6-11)17(21)22/h1-10H,(H,19,20)(H,21,22)/b18-10+. The Kier molecular flexibility index (Phi) is 3.88. The third-order valence-electron chi connectivity index (χ3n) is 3.19. The van der Waals surface area contributed by atoms with Crippen molar-refractivity contribution in [1.29, 1.82) is 0 Å². The summed E-state index contributed by atoms with van der Waals surface area (Å²) in [6.45, 7) is 0. The normalized spacial score (nSPS) is 11.0. The zero-order chi connectivity index (χ0) is 16.2. The van der Waals surface area contributed by atoms with E-state index in [-0.39, 0.29) is 11.3 Å². The Morgan fingerprint density at radius 1 is 1.09 bits per heavy atom. The summed E-state index contributed by atoms with van der Waals surface area (Å²) in [5.74, 6) is -1.28. The monoisotopic (exact) mass is 308 g/mol. The molecule has 23 heavy (non-hydrogen) atoms. The second-order valence-corrected chi connectivity index (χ2v) is 4.77. The van der Waals surface area contributed by atoms with Gasteiger partial charge in [-0.3, -0.25) is 4.79 Å². The molecule has 3 aromatic rings. The maximum absolute atomic E-state index is 12.0. The first-order chi connectivity index (χ1) is 11.1. The van der Waals surface area contributed by atoms with E-state index in [4.69, 9.17) is 9.52 Å². The van der Waals surface area contributed by atoms with Gasteiger partial charge in [-0.1, -0.05) is 30.3 Å². The number of nitrogens with one attached hydrogen (secondary N) is 1. The van der Waals surface area contributed by atoms with Crippen molar-refractivity contribution in [3.05, 3.63) is 71.5 Å². The predicted molar refractivity (Wildman–Crippen MR) is 84.7 cm³/mol. The highest BCUT2D eigenvalue weighted by molar-refractivity contribution is 5.96. The number of carboxylic acids is 1. The molecular formula is C17H12N2O4. The molecule has 0 spiro atoms. The zero-order valence-corrected chi connectivity index (χ0v) is 11.9. The summed E-state index contributed by atoms with van der Waals surface area (Å²) >= 11 is 0. The van der Waals surface area contributed by atoms with Crippen LogP contribution in [0.15, 0.2) is 64.1 Å². The number of fused-ring (bicyclic) bond motifs is 1. The van der Waals surface area contributed by atoms with E-state index in [0.717, 1.165) is 5.39 Å². The van der Waals surface area contributed by atoms with Crippen LogP contribution >= 0.6 is 0 Å². The number of hydrogen-bond donors (Lipinski definition) is 2. The van der Waals surface area contributed by atoms with Crippen molar-refractivity contribution in [2.45, 2.75) is 0 Å². The van der Waals surface area contributed by atoms with Crippen molar-refractivity contribution < 1.29 is 19.1 Å². The number of rotatable bonds is 4. The van der Waals surface area contributed by atoms with Crippen molar-refractivity contribution >= 4 is 29.1 Å². The van der Waals surface area contributed by atoms with Gasteiger partial charge in [-0.2, -0.15) is 5.10 Å². The minimum absolute atomic E-state index is 0.171. The molecular weight excluding hydrogens is 296 g/mol. The summed E-state index contributed by atoms with van der Waals surface area (Å²) in [5.41, 5.74) is 3.85. The number of amides is 1. The smallest absolute Gasteiger partial charge is 0.335 e. The summed E-state index contributed by atoms with van der Waals surface area (Å²) in [7, 11) is 0. The molecule has 0 saturated heterocycles. The number of aromatic carboxylic acids is 1. The SMILES string of the molecule is O=C(O)c1ccc(/C=N/NC(=O)c2cc3ccccc3o2)cc1. The first-order valence-electron chi connectivity index (χ1n) is 6.79. The van der Waals surface area contributed by atoms with Crippen LogP contribution in [0, 0.1) is 0 Å². The van der Waals surface area contributed by atoms with E-state index in [1.807, 2.05) is 18.2 Å². The van der Waals surface area contributed by atoms with Crippen LogP contribution in [0.1, 0.15) is 26.5 Å². The van der Waals surface area contributed by atoms with Crippen molar-refractivity contribution in [2.75, 3.05) is 0 Å². The largest absolute Gasteiger partial charge is 0.478 e. The summed E-state index contributed by atoms with van der Waals surface area (Å²) in [4.78, 5) is 22.7. The predicted octanol–water partition coefficient (Wildman–Crippen LogP) is 2.89. The molecule has 0 fully saturated rings. The molecule has 0 unspecified atom stereocenters. The number of nitrogens with zero attached hydrogens (tertiary/aromatic N) is 1. The highest BCUT2D eigenvalue weighted by atomic mass is 16.4. The van der Waals surface area contributed by atoms with Crippen LogP contribution in [0.4, 0.5) is 0 Å². The first-order valence-corrected chi connectivity index (χ1v) is 6.79. The molecule has 0 aliphatic carbocycles. The Balaban J connectivity index is 1.67. The van der Waals surface area contributed by atoms with Gasteiger partial charge in [-0.05, 0) is 29.8 Å². The number of hydrazone groups is 1. The fourth-order valence-corrected chi connectivity index (χ4v) is 2.03. The maximum Gasteiger partial charge on any atom is 0.335 e. The second kappa shape index (κ2) is 6.15. The lowest BCUT2D eigenvalue weighted by atomic mass is 10.1. The molecule has 2 N–H and O–H groups in total. The minimum Gasteiger partial charge on any atom is -0.478 e. The van der Waals surface area contributed by atoms with Crippen LogP contribution in [0.2, 0.25) is 0 Å². The Labute approximate surface area is 131 Å². The number of carbonyl (C=O) groups excluding carboxylic acids is 1. The van der Waals surface area contributed by atoms with Gasteiger partial charge in [0.05, 0.1) is 11.8 Å². The molecule has 3 rings (SSSR count). The molecule has 0 saturated carbocycles. The molecule has 6 nitrogen and oxygen atoms in total. The summed E-state index contributed by atoms with van der Waals surface area (Å²) in [6.07, 6.45) is 1.42. The number of carboxylic acid groups (broad SMARTS) is 1. The number of furan rings is 1. The molecule has 0 atom stereocenters. The van der Waals surface area contributed by atoms with Gasteiger partial charge in [-0.25, -0.2) is 10.2 Å². The number of carbonyl (C=O) groups is 2. The average molecular weight is 308 g/mol. The highest BCUT2D eigenvalue weighted by Gasteiger charge is 2.10. The minimum atomic E-state index is -0.994. The molecule has 0 bridgehead atoms. The van der Waals surface area contributed by atoms with Gasteiger partial charge in [0, 0.05) is 5.39 Å². The fraction of sp³-hybridized carbons (Fsp3) is 0. The van der Waals surface area contributed by atoms with Gasteiger partial charge in [-0.15, -0.1) is 0 Å². The molecule has 0 radical (unpaired) electrons. The lowest BCUT2D eigenvalue weighted by molar-refractivity contribution is 0.0696. The summed E-state index contributed by atoms with van der Waals surface area (Å²) in [5, 5.41) is 13.5. The van der Waals surface area contributed by atoms with Crippen molar-refractivity contribution in [3.63, 3.8) is 0 Å². The Morgan fingerprint density at radius 2 is 1.83 bits per heavy atom. The molecule has 114 valence electrons. The van der Waals surface area contributed by atoms with E-state index in [0.29, 0.717) is 11.1 Å². The average Bonchev–Trinajstić information content (AvgIpc) is 2.99. The lowest BCUT2D eigenvalue weighted by Crippen LogP contribution is -2.16. The van der Waals surface area contributed by atoms with Gasteiger partial charge in [0.1, 0.15) is 5.58 Å². The van der Waals surface area contributed by atoms with Gasteiger partial charge in [0.15, 0.2) is 5.76 Å². The quantitative estimate of drug-likeness (QED) is 0.572. The van der Waals surface area contributed by atoms with E-state index in [2.05, 4.69) is 10.5 Å². The second-order valence-electron chi connectivity index (χ2n) is 4.77. The number of benzene rings is 2. The van der Waals surface area contributed by atoms with Crippen molar-refractivity contribution in [3.8, 4) is 0 Å². The number of hydrogen-bond acceptors (Lipinski definition) is 4. The van der Waals surface area contributed by atoms with Crippen LogP contribution in [0.3, 0.4) is 0 Å². The third-order valence-corrected chi connectivity index (χ3v) is 3.19. The molecule has 1 amide bonds. The van der Waals surface area contributed by atoms with E-state index in [9.17, 15) is 9.59 Å². The van der Waals surface area contributed by atoms with Gasteiger partial charge >= 0.3 is 11.9 Å². The zero-order valence-electron chi connectivity index (χ0n) is 11.9. The van der Waals surface area contributed by atoms with E-state index >= 15 is 0 Å². The van der Waals surface area contributed by atoms with Gasteiger partial charge < -0.3 is 9.52 Å². The van der Waals surface area contributed by atoms with E-state index < -0.39 is 11.9 Å². The Hall–Kier alpha value is -3.41. The Bertz CT molecular complexity index is 861. The third kappa shape index (κ3) is 3.26. The van der Waals surface area contributed by atoms with Gasteiger partial charge in [0.2, 0.25) is 0 Å². The van der Waals surface area contributed by atoms with Crippen LogP contribution < -0.4 is 5.43 Å². The molecule has 1 heterocycles. The van der Waals surface area contributed by atoms with Crippen molar-refractivity contribution in [2.24, 2.45) is 5.10 Å².